The first kappa shape index (κ1) is 18.2. The average molecular weight is 381 g/mol. The van der Waals surface area contributed by atoms with Gasteiger partial charge in [-0.3, -0.25) is 4.79 Å². The minimum atomic E-state index is -4.52. The van der Waals surface area contributed by atoms with Gasteiger partial charge in [-0.05, 0) is 41.8 Å². The zero-order valence-electron chi connectivity index (χ0n) is 13.3. The van der Waals surface area contributed by atoms with Gasteiger partial charge in [-0.2, -0.15) is 13.2 Å². The Balaban J connectivity index is 2.15. The van der Waals surface area contributed by atoms with Crippen LogP contribution in [0.1, 0.15) is 28.4 Å². The third kappa shape index (κ3) is 3.24. The number of fused-ring (bicyclic) bond motifs is 1. The highest BCUT2D eigenvalue weighted by atomic mass is 32.2. The first-order valence-electron chi connectivity index (χ1n) is 7.61. The van der Waals surface area contributed by atoms with Gasteiger partial charge in [-0.25, -0.2) is 8.42 Å². The van der Waals surface area contributed by atoms with E-state index >= 15 is 0 Å². The van der Waals surface area contributed by atoms with E-state index in [2.05, 4.69) is 0 Å². The van der Waals surface area contributed by atoms with Gasteiger partial charge in [0.05, 0.1) is 15.7 Å². The molecule has 1 aliphatic rings. The highest BCUT2D eigenvalue weighted by Gasteiger charge is 2.36. The minimum absolute atomic E-state index is 0.0150. The Morgan fingerprint density at radius 2 is 1.65 bits per heavy atom. The number of hydrogen-bond donors (Lipinski definition) is 1. The molecule has 2 aromatic rings. The molecule has 3 rings (SSSR count). The van der Waals surface area contributed by atoms with Crippen molar-refractivity contribution < 1.29 is 26.4 Å². The van der Waals surface area contributed by atoms with Gasteiger partial charge in [-0.1, -0.05) is 30.3 Å². The molecule has 0 bridgehead atoms. The Bertz CT molecular complexity index is 993. The highest BCUT2D eigenvalue weighted by molar-refractivity contribution is 7.91. The van der Waals surface area contributed by atoms with Crippen molar-refractivity contribution in [3.63, 3.8) is 0 Å². The second-order valence-electron chi connectivity index (χ2n) is 5.93. The molecule has 8 heteroatoms. The maximum atomic E-state index is 13.1. The Kier molecular flexibility index (Phi) is 4.39. The van der Waals surface area contributed by atoms with E-state index in [4.69, 9.17) is 5.73 Å². The number of hydrogen-bond acceptors (Lipinski definition) is 3. The zero-order chi connectivity index (χ0) is 19.1. The molecule has 0 radical (unpaired) electrons. The first-order chi connectivity index (χ1) is 12.1. The summed E-state index contributed by atoms with van der Waals surface area (Å²) < 4.78 is 64.4. The Hall–Kier alpha value is -2.61. The van der Waals surface area contributed by atoms with Gasteiger partial charge in [0.15, 0.2) is 9.84 Å². The molecule has 1 unspecified atom stereocenters. The summed E-state index contributed by atoms with van der Waals surface area (Å²) in [7, 11) is -3.93. The number of amides is 1. The van der Waals surface area contributed by atoms with Crippen LogP contribution in [0.5, 0.6) is 0 Å². The quantitative estimate of drug-likeness (QED) is 0.865. The smallest absolute Gasteiger partial charge is 0.366 e. The summed E-state index contributed by atoms with van der Waals surface area (Å²) in [5, 5.41) is -1.20. The van der Waals surface area contributed by atoms with Crippen molar-refractivity contribution in [1.29, 1.82) is 0 Å². The number of benzene rings is 2. The molecular formula is C18H14F3NO3S. The molecule has 1 heterocycles. The molecule has 0 aromatic heterocycles. The number of halogens is 3. The van der Waals surface area contributed by atoms with E-state index < -0.39 is 32.7 Å². The number of alkyl halides is 3. The molecule has 1 atom stereocenters. The molecule has 0 saturated carbocycles. The molecule has 4 nitrogen and oxygen atoms in total. The van der Waals surface area contributed by atoms with Gasteiger partial charge in [0.1, 0.15) is 0 Å². The Labute approximate surface area is 148 Å². The number of carbonyl (C=O) groups is 1. The number of sulfone groups is 1. The van der Waals surface area contributed by atoms with Gasteiger partial charge >= 0.3 is 6.18 Å². The highest BCUT2D eigenvalue weighted by Crippen LogP contribution is 2.40. The van der Waals surface area contributed by atoms with Crippen LogP contribution in [-0.4, -0.2) is 14.3 Å². The van der Waals surface area contributed by atoms with Gasteiger partial charge in [-0.15, -0.1) is 0 Å². The number of nitrogens with two attached hydrogens (primary N) is 1. The summed E-state index contributed by atoms with van der Waals surface area (Å²) in [5.74, 6) is -0.770. The van der Waals surface area contributed by atoms with Crippen molar-refractivity contribution in [2.75, 3.05) is 0 Å². The van der Waals surface area contributed by atoms with E-state index in [1.807, 2.05) is 0 Å². The van der Waals surface area contributed by atoms with Gasteiger partial charge in [0.2, 0.25) is 5.91 Å². The Morgan fingerprint density at radius 1 is 1.04 bits per heavy atom. The zero-order valence-corrected chi connectivity index (χ0v) is 14.1. The van der Waals surface area contributed by atoms with Gasteiger partial charge < -0.3 is 5.73 Å². The SMILES string of the molecule is NC(=O)C1=Cc2ccccc2S(=O)(=O)C(c2ccc(C(F)(F)F)cc2)C1. The number of carbonyl (C=O) groups excluding carboxylic acids is 1. The summed E-state index contributed by atoms with van der Waals surface area (Å²) >= 11 is 0. The van der Waals surface area contributed by atoms with E-state index in [1.165, 1.54) is 12.1 Å². The van der Waals surface area contributed by atoms with Crippen LogP contribution in [0.25, 0.3) is 6.08 Å². The summed E-state index contributed by atoms with van der Waals surface area (Å²) in [5.41, 5.74) is 5.07. The molecule has 1 aliphatic heterocycles. The first-order valence-corrected chi connectivity index (χ1v) is 9.16. The predicted molar refractivity (Wildman–Crippen MR) is 89.6 cm³/mol. The lowest BCUT2D eigenvalue weighted by Gasteiger charge is -2.18. The fraction of sp³-hybridized carbons (Fsp3) is 0.167. The van der Waals surface area contributed by atoms with Crippen molar-refractivity contribution in [2.45, 2.75) is 22.7 Å². The summed E-state index contributed by atoms with van der Waals surface area (Å²) in [6.07, 6.45) is -3.32. The normalized spacial score (nSPS) is 19.2. The molecule has 0 spiro atoms. The standard InChI is InChI=1S/C18H14F3NO3S/c19-18(20,21)14-7-5-11(6-8-14)16-10-13(17(22)23)9-12-3-1-2-4-15(12)26(16,24)25/h1-9,16H,10H2,(H2,22,23). The van der Waals surface area contributed by atoms with Crippen molar-refractivity contribution >= 4 is 21.8 Å². The van der Waals surface area contributed by atoms with Gasteiger partial charge in [0, 0.05) is 5.57 Å². The van der Waals surface area contributed by atoms with E-state index in [1.54, 1.807) is 18.2 Å². The van der Waals surface area contributed by atoms with Crippen LogP contribution in [0, 0.1) is 0 Å². The van der Waals surface area contributed by atoms with E-state index in [-0.39, 0.29) is 22.5 Å². The van der Waals surface area contributed by atoms with Crippen LogP contribution in [0.4, 0.5) is 13.2 Å². The van der Waals surface area contributed by atoms with Crippen LogP contribution in [-0.2, 0) is 20.8 Å². The maximum absolute atomic E-state index is 13.1. The van der Waals surface area contributed by atoms with Crippen molar-refractivity contribution in [2.24, 2.45) is 5.73 Å². The van der Waals surface area contributed by atoms with Crippen LogP contribution in [0.3, 0.4) is 0 Å². The predicted octanol–water partition coefficient (Wildman–Crippen LogP) is 3.49. The minimum Gasteiger partial charge on any atom is -0.366 e. The van der Waals surface area contributed by atoms with Crippen LogP contribution in [0.2, 0.25) is 0 Å². The van der Waals surface area contributed by atoms with Gasteiger partial charge in [0.25, 0.3) is 0 Å². The third-order valence-electron chi connectivity index (χ3n) is 4.26. The molecule has 0 saturated heterocycles. The fourth-order valence-electron chi connectivity index (χ4n) is 2.92. The second-order valence-corrected chi connectivity index (χ2v) is 8.03. The summed E-state index contributed by atoms with van der Waals surface area (Å²) in [6.45, 7) is 0. The lowest BCUT2D eigenvalue weighted by Crippen LogP contribution is -2.19. The second kappa shape index (κ2) is 6.28. The molecule has 0 fully saturated rings. The molecule has 2 aromatic carbocycles. The molecule has 136 valence electrons. The van der Waals surface area contributed by atoms with Crippen molar-refractivity contribution in [3.8, 4) is 0 Å². The molecule has 0 aliphatic carbocycles. The third-order valence-corrected chi connectivity index (χ3v) is 6.43. The maximum Gasteiger partial charge on any atom is 0.416 e. The molecular weight excluding hydrogens is 367 g/mol. The Morgan fingerprint density at radius 3 is 2.23 bits per heavy atom. The fourth-order valence-corrected chi connectivity index (χ4v) is 4.87. The lowest BCUT2D eigenvalue weighted by atomic mass is 10.0. The largest absolute Gasteiger partial charge is 0.416 e. The van der Waals surface area contributed by atoms with Crippen molar-refractivity contribution in [3.05, 3.63) is 70.8 Å². The topological polar surface area (TPSA) is 77.2 Å². The van der Waals surface area contributed by atoms with E-state index in [0.717, 1.165) is 24.3 Å². The summed E-state index contributed by atoms with van der Waals surface area (Å²) in [4.78, 5) is 11.7. The summed E-state index contributed by atoms with van der Waals surface area (Å²) in [6, 6.07) is 10.0. The average Bonchev–Trinajstić information content (AvgIpc) is 2.69. The molecule has 2 N–H and O–H groups in total. The van der Waals surface area contributed by atoms with Crippen LogP contribution < -0.4 is 5.73 Å². The van der Waals surface area contributed by atoms with Crippen molar-refractivity contribution in [1.82, 2.24) is 0 Å². The molecule has 26 heavy (non-hydrogen) atoms. The van der Waals surface area contributed by atoms with Crippen LogP contribution in [0.15, 0.2) is 59.0 Å². The monoisotopic (exact) mass is 381 g/mol. The molecule has 1 amide bonds. The lowest BCUT2D eigenvalue weighted by molar-refractivity contribution is -0.137. The number of primary amides is 1. The van der Waals surface area contributed by atoms with E-state index in [0.29, 0.717) is 5.56 Å². The number of rotatable bonds is 2. The van der Waals surface area contributed by atoms with Crippen LogP contribution >= 0.6 is 0 Å². The van der Waals surface area contributed by atoms with E-state index in [9.17, 15) is 26.4 Å².